The quantitative estimate of drug-likeness (QED) is 0.658. The minimum absolute atomic E-state index is 0.0260. The summed E-state index contributed by atoms with van der Waals surface area (Å²) >= 11 is 0. The van der Waals surface area contributed by atoms with Gasteiger partial charge in [-0.25, -0.2) is 8.42 Å². The summed E-state index contributed by atoms with van der Waals surface area (Å²) in [5.41, 5.74) is 0.659. The summed E-state index contributed by atoms with van der Waals surface area (Å²) in [4.78, 5) is 13.9. The van der Waals surface area contributed by atoms with Crippen LogP contribution >= 0.6 is 0 Å². The monoisotopic (exact) mass is 449 g/mol. The second-order valence-corrected chi connectivity index (χ2v) is 10.2. The van der Waals surface area contributed by atoms with Gasteiger partial charge >= 0.3 is 0 Å². The van der Waals surface area contributed by atoms with Crippen LogP contribution in [-0.2, 0) is 15.4 Å². The summed E-state index contributed by atoms with van der Waals surface area (Å²) in [5.74, 6) is 0.368. The summed E-state index contributed by atoms with van der Waals surface area (Å²) in [6.45, 7) is 0.0942. The smallest absolute Gasteiger partial charge is 0.264 e. The summed E-state index contributed by atoms with van der Waals surface area (Å²) in [6, 6.07) is 18.2. The number of phenolic OH excluding ortho intramolecular Hbond substituents is 1. The van der Waals surface area contributed by atoms with Crippen LogP contribution in [0.25, 0.3) is 0 Å². The van der Waals surface area contributed by atoms with Crippen LogP contribution in [0.2, 0.25) is 0 Å². The molecule has 0 saturated heterocycles. The number of hydrogen-bond donors (Lipinski definition) is 1. The molecule has 2 aliphatic heterocycles. The molecule has 0 radical (unpaired) electrons. The molecule has 3 aliphatic rings. The summed E-state index contributed by atoms with van der Waals surface area (Å²) in [7, 11) is -4.04. The molecule has 1 N–H and O–H groups in total. The first-order valence-electron chi connectivity index (χ1n) is 10.3. The maximum atomic E-state index is 13.9. The Labute approximate surface area is 184 Å². The molecule has 0 amide bonds. The zero-order valence-electron chi connectivity index (χ0n) is 16.9. The average Bonchev–Trinajstić information content (AvgIpc) is 3.36. The van der Waals surface area contributed by atoms with Gasteiger partial charge in [-0.3, -0.25) is 9.10 Å². The Kier molecular flexibility index (Phi) is 3.89. The largest absolute Gasteiger partial charge is 0.508 e. The van der Waals surface area contributed by atoms with Gasteiger partial charge in [0.1, 0.15) is 11.4 Å². The van der Waals surface area contributed by atoms with Gasteiger partial charge in [0.05, 0.1) is 10.3 Å². The first-order valence-corrected chi connectivity index (χ1v) is 11.7. The number of carbonyl (C=O) groups is 1. The number of anilines is 1. The van der Waals surface area contributed by atoms with Crippen molar-refractivity contribution < 1.29 is 27.8 Å². The third-order valence-corrected chi connectivity index (χ3v) is 8.40. The number of ketones is 1. The third kappa shape index (κ3) is 2.53. The van der Waals surface area contributed by atoms with Crippen LogP contribution in [0.15, 0.2) is 71.6 Å². The fourth-order valence-corrected chi connectivity index (χ4v) is 6.46. The normalized spacial score (nSPS) is 23.3. The van der Waals surface area contributed by atoms with Crippen molar-refractivity contribution in [1.29, 1.82) is 0 Å². The zero-order chi connectivity index (χ0) is 22.1. The number of fused-ring (bicyclic) bond motifs is 4. The summed E-state index contributed by atoms with van der Waals surface area (Å²) in [6.07, 6.45) is 0.575. The van der Waals surface area contributed by atoms with E-state index in [1.165, 1.54) is 28.6 Å². The van der Waals surface area contributed by atoms with E-state index in [1.807, 2.05) is 30.3 Å². The van der Waals surface area contributed by atoms with Crippen molar-refractivity contribution in [3.8, 4) is 17.2 Å². The van der Waals surface area contributed by atoms with E-state index < -0.39 is 15.4 Å². The Hall–Kier alpha value is -3.52. The summed E-state index contributed by atoms with van der Waals surface area (Å²) < 4.78 is 39.9. The Morgan fingerprint density at radius 1 is 0.969 bits per heavy atom. The molecular weight excluding hydrogens is 430 g/mol. The first-order chi connectivity index (χ1) is 15.4. The number of ether oxygens (including phenoxy) is 2. The first kappa shape index (κ1) is 19.2. The highest BCUT2D eigenvalue weighted by Gasteiger charge is 2.64. The third-order valence-electron chi connectivity index (χ3n) is 6.62. The zero-order valence-corrected chi connectivity index (χ0v) is 17.7. The number of phenols is 1. The van der Waals surface area contributed by atoms with E-state index in [4.69, 9.17) is 9.47 Å². The molecule has 32 heavy (non-hydrogen) atoms. The minimum Gasteiger partial charge on any atom is -0.508 e. The van der Waals surface area contributed by atoms with Crippen molar-refractivity contribution >= 4 is 21.5 Å². The molecule has 1 fully saturated rings. The van der Waals surface area contributed by atoms with Crippen molar-refractivity contribution in [2.75, 3.05) is 17.6 Å². The van der Waals surface area contributed by atoms with Crippen molar-refractivity contribution in [3.63, 3.8) is 0 Å². The molecule has 8 heteroatoms. The van der Waals surface area contributed by atoms with Crippen LogP contribution in [-0.4, -0.2) is 32.6 Å². The van der Waals surface area contributed by atoms with Gasteiger partial charge in [-0.15, -0.1) is 0 Å². The standard InChI is InChI=1S/C24H19NO6S/c26-17-6-8-18(9-7-17)32(28,29)25-13-16-12-24(16,15-4-2-1-3-5-15)23(27)19-10-11-20-22(21(19)25)31-14-30-20/h1-11,16,26H,12-14H2/t16-,24+/m0/s1. The molecule has 2 atom stereocenters. The number of benzene rings is 3. The number of Topliss-reactive ketones (excluding diaryl/α,β-unsaturated/α-hetero) is 1. The lowest BCUT2D eigenvalue weighted by atomic mass is 9.85. The van der Waals surface area contributed by atoms with E-state index in [2.05, 4.69) is 0 Å². The Bertz CT molecular complexity index is 1350. The van der Waals surface area contributed by atoms with Gasteiger partial charge in [0, 0.05) is 12.1 Å². The second kappa shape index (κ2) is 6.49. The fourth-order valence-electron chi connectivity index (χ4n) is 4.93. The van der Waals surface area contributed by atoms with E-state index in [0.29, 0.717) is 17.7 Å². The second-order valence-electron chi connectivity index (χ2n) is 8.29. The predicted octanol–water partition coefficient (Wildman–Crippen LogP) is 3.47. The Morgan fingerprint density at radius 3 is 2.47 bits per heavy atom. The van der Waals surface area contributed by atoms with Crippen LogP contribution in [0.5, 0.6) is 17.2 Å². The molecule has 6 rings (SSSR count). The van der Waals surface area contributed by atoms with Gasteiger partial charge < -0.3 is 14.6 Å². The number of sulfonamides is 1. The highest BCUT2D eigenvalue weighted by atomic mass is 32.2. The van der Waals surface area contributed by atoms with E-state index in [9.17, 15) is 18.3 Å². The van der Waals surface area contributed by atoms with E-state index in [-0.39, 0.29) is 47.1 Å². The number of nitrogens with zero attached hydrogens (tertiary/aromatic N) is 1. The van der Waals surface area contributed by atoms with Crippen molar-refractivity contribution in [2.24, 2.45) is 5.92 Å². The number of rotatable bonds is 3. The Balaban J connectivity index is 1.57. The highest BCUT2D eigenvalue weighted by molar-refractivity contribution is 7.92. The molecule has 3 aromatic rings. The average molecular weight is 449 g/mol. The van der Waals surface area contributed by atoms with Crippen molar-refractivity contribution in [3.05, 3.63) is 77.9 Å². The maximum Gasteiger partial charge on any atom is 0.264 e. The van der Waals surface area contributed by atoms with Crippen LogP contribution in [0.3, 0.4) is 0 Å². The fraction of sp³-hybridized carbons (Fsp3) is 0.208. The molecule has 0 aromatic heterocycles. The highest BCUT2D eigenvalue weighted by Crippen LogP contribution is 2.61. The van der Waals surface area contributed by atoms with E-state index in [0.717, 1.165) is 5.56 Å². The van der Waals surface area contributed by atoms with E-state index in [1.54, 1.807) is 12.1 Å². The van der Waals surface area contributed by atoms with Crippen LogP contribution in [0.1, 0.15) is 22.3 Å². The van der Waals surface area contributed by atoms with Crippen molar-refractivity contribution in [2.45, 2.75) is 16.7 Å². The topological polar surface area (TPSA) is 93.1 Å². The molecule has 1 saturated carbocycles. The van der Waals surface area contributed by atoms with Gasteiger partial charge in [0.2, 0.25) is 6.79 Å². The maximum absolute atomic E-state index is 13.9. The van der Waals surface area contributed by atoms with Gasteiger partial charge in [-0.1, -0.05) is 30.3 Å². The lowest BCUT2D eigenvalue weighted by Crippen LogP contribution is -2.33. The number of aromatic hydroxyl groups is 1. The Morgan fingerprint density at radius 2 is 1.72 bits per heavy atom. The predicted molar refractivity (Wildman–Crippen MR) is 116 cm³/mol. The molecule has 162 valence electrons. The van der Waals surface area contributed by atoms with Gasteiger partial charge in [-0.2, -0.15) is 0 Å². The SMILES string of the molecule is O=C1c2ccc3c(c2N(S(=O)(=O)c2ccc(O)cc2)C[C@@H]2C[C@]12c1ccccc1)OCO3. The molecule has 1 aliphatic carbocycles. The number of hydrogen-bond acceptors (Lipinski definition) is 6. The molecule has 2 heterocycles. The molecule has 7 nitrogen and oxygen atoms in total. The minimum atomic E-state index is -4.04. The molecule has 0 unspecified atom stereocenters. The van der Waals surface area contributed by atoms with Crippen LogP contribution in [0, 0.1) is 5.92 Å². The van der Waals surface area contributed by atoms with Crippen LogP contribution in [0.4, 0.5) is 5.69 Å². The van der Waals surface area contributed by atoms with Gasteiger partial charge in [-0.05, 0) is 54.3 Å². The van der Waals surface area contributed by atoms with Crippen LogP contribution < -0.4 is 13.8 Å². The lowest BCUT2D eigenvalue weighted by molar-refractivity contribution is 0.0941. The lowest BCUT2D eigenvalue weighted by Gasteiger charge is -2.26. The molecule has 0 spiro atoms. The molecule has 0 bridgehead atoms. The van der Waals surface area contributed by atoms with E-state index >= 15 is 0 Å². The van der Waals surface area contributed by atoms with Crippen molar-refractivity contribution in [1.82, 2.24) is 0 Å². The molecule has 3 aromatic carbocycles. The van der Waals surface area contributed by atoms with Gasteiger partial charge in [0.15, 0.2) is 17.3 Å². The summed E-state index contributed by atoms with van der Waals surface area (Å²) in [5, 5.41) is 9.62. The molecular formula is C24H19NO6S. The van der Waals surface area contributed by atoms with Gasteiger partial charge in [0.25, 0.3) is 10.0 Å². The number of carbonyl (C=O) groups excluding carboxylic acids is 1.